The minimum Gasteiger partial charge on any atom is -0.384 e. The van der Waals surface area contributed by atoms with Crippen LogP contribution in [0.15, 0.2) is 72.8 Å². The second kappa shape index (κ2) is 8.24. The fourth-order valence-corrected chi connectivity index (χ4v) is 3.97. The first-order valence-electron chi connectivity index (χ1n) is 7.39. The molecule has 8 heteroatoms. The van der Waals surface area contributed by atoms with Crippen molar-refractivity contribution in [2.24, 2.45) is 0 Å². The molecule has 0 heterocycles. The van der Waals surface area contributed by atoms with Gasteiger partial charge in [-0.25, -0.2) is 0 Å². The molecule has 0 atom stereocenters. The third-order valence-corrected chi connectivity index (χ3v) is 5.34. The maximum absolute atomic E-state index is 13.3. The summed E-state index contributed by atoms with van der Waals surface area (Å²) in [5.74, 6) is 0.407. The Morgan fingerprint density at radius 2 is 0.808 bits per heavy atom. The van der Waals surface area contributed by atoms with Gasteiger partial charge in [0.1, 0.15) is 0 Å². The molecule has 26 heavy (non-hydrogen) atoms. The second-order valence-corrected chi connectivity index (χ2v) is 7.68. The zero-order chi connectivity index (χ0) is 18.6. The van der Waals surface area contributed by atoms with Gasteiger partial charge in [0.05, 0.1) is 15.1 Å². The van der Waals surface area contributed by atoms with E-state index in [1.807, 2.05) is 0 Å². The van der Waals surface area contributed by atoms with Crippen molar-refractivity contribution in [3.63, 3.8) is 0 Å². The molecule has 0 bridgehead atoms. The van der Waals surface area contributed by atoms with E-state index in [0.29, 0.717) is 0 Å². The van der Waals surface area contributed by atoms with E-state index in [9.17, 15) is 4.57 Å². The van der Waals surface area contributed by atoms with Crippen molar-refractivity contribution in [1.82, 2.24) is 0 Å². The normalized spacial score (nSPS) is 11.0. The van der Waals surface area contributed by atoms with Crippen LogP contribution in [0.2, 0.25) is 15.1 Å². The van der Waals surface area contributed by atoms with Gasteiger partial charge < -0.3 is 13.6 Å². The van der Waals surface area contributed by atoms with Gasteiger partial charge in [0, 0.05) is 0 Å². The van der Waals surface area contributed by atoms with Gasteiger partial charge in [-0.3, -0.25) is 0 Å². The summed E-state index contributed by atoms with van der Waals surface area (Å²) in [6.45, 7) is 0. The molecular weight excluding hydrogens is 418 g/mol. The van der Waals surface area contributed by atoms with Crippen molar-refractivity contribution in [3.8, 4) is 17.2 Å². The molecule has 0 aliphatic heterocycles. The lowest BCUT2D eigenvalue weighted by Crippen LogP contribution is -2.08. The maximum Gasteiger partial charge on any atom is 0.647 e. The van der Waals surface area contributed by atoms with Crippen molar-refractivity contribution < 1.29 is 18.1 Å². The predicted octanol–water partition coefficient (Wildman–Crippen LogP) is 7.29. The summed E-state index contributed by atoms with van der Waals surface area (Å²) in [5.41, 5.74) is 0. The van der Waals surface area contributed by atoms with E-state index in [1.165, 1.54) is 0 Å². The Morgan fingerprint density at radius 1 is 0.538 bits per heavy atom. The van der Waals surface area contributed by atoms with Gasteiger partial charge in [0.25, 0.3) is 0 Å². The largest absolute Gasteiger partial charge is 0.647 e. The third kappa shape index (κ3) is 4.66. The fourth-order valence-electron chi connectivity index (χ4n) is 1.97. The first-order valence-corrected chi connectivity index (χ1v) is 9.99. The minimum atomic E-state index is -4.22. The number of hydrogen-bond acceptors (Lipinski definition) is 4. The van der Waals surface area contributed by atoms with Gasteiger partial charge in [0.2, 0.25) is 0 Å². The Kier molecular flexibility index (Phi) is 6.00. The van der Waals surface area contributed by atoms with Crippen LogP contribution in [0, 0.1) is 0 Å². The average molecular weight is 430 g/mol. The van der Waals surface area contributed by atoms with E-state index in [0.717, 1.165) is 0 Å². The molecule has 3 rings (SSSR count). The molecule has 0 aliphatic rings. The molecule has 0 aromatic heterocycles. The number of phosphoric acid groups is 1. The lowest BCUT2D eigenvalue weighted by molar-refractivity contribution is 0.298. The van der Waals surface area contributed by atoms with Crippen molar-refractivity contribution in [2.45, 2.75) is 0 Å². The molecule has 3 aromatic rings. The highest BCUT2D eigenvalue weighted by molar-refractivity contribution is 7.49. The SMILES string of the molecule is O=P(Oc1ccccc1Cl)(Oc1ccccc1Cl)Oc1ccccc1Cl. The number of rotatable bonds is 6. The van der Waals surface area contributed by atoms with Crippen LogP contribution >= 0.6 is 42.6 Å². The van der Waals surface area contributed by atoms with E-state index < -0.39 is 7.82 Å². The topological polar surface area (TPSA) is 44.8 Å². The van der Waals surface area contributed by atoms with E-state index in [2.05, 4.69) is 0 Å². The van der Waals surface area contributed by atoms with Crippen molar-refractivity contribution in [2.75, 3.05) is 0 Å². The smallest absolute Gasteiger partial charge is 0.384 e. The third-order valence-electron chi connectivity index (χ3n) is 3.14. The standard InChI is InChI=1S/C18H12Cl3O4P/c19-13-7-1-4-10-16(13)23-26(22,24-17-11-5-2-8-14(17)20)25-18-12-6-3-9-15(18)21/h1-12H. The Bertz CT molecular complexity index is 842. The van der Waals surface area contributed by atoms with Crippen LogP contribution in [0.5, 0.6) is 17.2 Å². The van der Waals surface area contributed by atoms with Gasteiger partial charge in [-0.2, -0.15) is 4.57 Å². The van der Waals surface area contributed by atoms with Crippen LogP contribution in [0.1, 0.15) is 0 Å². The summed E-state index contributed by atoms with van der Waals surface area (Å²) >= 11 is 18.3. The Hall–Kier alpha value is -1.84. The quantitative estimate of drug-likeness (QED) is 0.386. The second-order valence-electron chi connectivity index (χ2n) is 5.01. The van der Waals surface area contributed by atoms with Crippen LogP contribution in [0.25, 0.3) is 0 Å². The summed E-state index contributed by atoms with van der Waals surface area (Å²) in [6, 6.07) is 19.6. The number of para-hydroxylation sites is 3. The number of benzene rings is 3. The Labute approximate surface area is 165 Å². The van der Waals surface area contributed by atoms with Crippen LogP contribution in [0.4, 0.5) is 0 Å². The lowest BCUT2D eigenvalue weighted by Gasteiger charge is -2.20. The van der Waals surface area contributed by atoms with E-state index in [4.69, 9.17) is 48.4 Å². The van der Waals surface area contributed by atoms with Gasteiger partial charge in [-0.05, 0) is 36.4 Å². The number of hydrogen-bond donors (Lipinski definition) is 0. The van der Waals surface area contributed by atoms with Crippen molar-refractivity contribution >= 4 is 42.6 Å². The highest BCUT2D eigenvalue weighted by Crippen LogP contribution is 2.52. The summed E-state index contributed by atoms with van der Waals surface area (Å²) < 4.78 is 29.9. The summed E-state index contributed by atoms with van der Waals surface area (Å²) in [5, 5.41) is 0.745. The Balaban J connectivity index is 1.97. The highest BCUT2D eigenvalue weighted by Gasteiger charge is 2.35. The first kappa shape index (κ1) is 18.9. The molecule has 0 spiro atoms. The zero-order valence-corrected chi connectivity index (χ0v) is 16.3. The lowest BCUT2D eigenvalue weighted by atomic mass is 10.3. The van der Waals surface area contributed by atoms with Crippen LogP contribution in [0.3, 0.4) is 0 Å². The molecule has 0 amide bonds. The monoisotopic (exact) mass is 428 g/mol. The van der Waals surface area contributed by atoms with Crippen molar-refractivity contribution in [3.05, 3.63) is 87.9 Å². The molecule has 4 nitrogen and oxygen atoms in total. The molecule has 0 unspecified atom stereocenters. The minimum absolute atomic E-state index is 0.136. The summed E-state index contributed by atoms with van der Waals surface area (Å²) in [7, 11) is -4.22. The molecule has 0 saturated carbocycles. The number of halogens is 3. The molecule has 0 aliphatic carbocycles. The fraction of sp³-hybridized carbons (Fsp3) is 0. The van der Waals surface area contributed by atoms with E-state index in [1.54, 1.807) is 72.8 Å². The average Bonchev–Trinajstić information content (AvgIpc) is 2.61. The molecule has 0 fully saturated rings. The van der Waals surface area contributed by atoms with Crippen LogP contribution in [-0.4, -0.2) is 0 Å². The van der Waals surface area contributed by atoms with E-state index in [-0.39, 0.29) is 32.3 Å². The molecule has 0 N–H and O–H groups in total. The zero-order valence-electron chi connectivity index (χ0n) is 13.1. The van der Waals surface area contributed by atoms with Crippen molar-refractivity contribution in [1.29, 1.82) is 0 Å². The van der Waals surface area contributed by atoms with Gasteiger partial charge in [0.15, 0.2) is 17.2 Å². The van der Waals surface area contributed by atoms with Gasteiger partial charge >= 0.3 is 7.82 Å². The van der Waals surface area contributed by atoms with Gasteiger partial charge in [-0.15, -0.1) is 0 Å². The first-order chi connectivity index (χ1) is 12.5. The van der Waals surface area contributed by atoms with Gasteiger partial charge in [-0.1, -0.05) is 71.2 Å². The molecule has 0 saturated heterocycles. The maximum atomic E-state index is 13.3. The summed E-state index contributed by atoms with van der Waals surface area (Å²) in [6.07, 6.45) is 0. The number of phosphoric ester groups is 1. The Morgan fingerprint density at radius 3 is 1.08 bits per heavy atom. The summed E-state index contributed by atoms with van der Waals surface area (Å²) in [4.78, 5) is 0. The predicted molar refractivity (Wildman–Crippen MR) is 104 cm³/mol. The highest BCUT2D eigenvalue weighted by atomic mass is 35.5. The van der Waals surface area contributed by atoms with E-state index >= 15 is 0 Å². The molecule has 134 valence electrons. The van der Waals surface area contributed by atoms with Crippen LogP contribution < -0.4 is 13.6 Å². The molecule has 3 aromatic carbocycles. The molecule has 0 radical (unpaired) electrons. The van der Waals surface area contributed by atoms with Crippen LogP contribution in [-0.2, 0) is 4.57 Å². The molecular formula is C18H12Cl3O4P.